The highest BCUT2D eigenvalue weighted by Crippen LogP contribution is 2.33. The number of Topliss-reactive ketones (excluding diaryl/α,β-unsaturated/α-hetero) is 1. The summed E-state index contributed by atoms with van der Waals surface area (Å²) in [5.41, 5.74) is 2.50. The number of methoxy groups -OCH3 is 1. The molecule has 1 saturated carbocycles. The van der Waals surface area contributed by atoms with E-state index in [-0.39, 0.29) is 17.7 Å². The lowest BCUT2D eigenvalue weighted by atomic mass is 9.76. The first-order valence-electron chi connectivity index (χ1n) is 9.04. The van der Waals surface area contributed by atoms with Crippen LogP contribution in [-0.4, -0.2) is 18.9 Å². The van der Waals surface area contributed by atoms with Gasteiger partial charge in [0.1, 0.15) is 0 Å². The van der Waals surface area contributed by atoms with Gasteiger partial charge in [0, 0.05) is 16.5 Å². The summed E-state index contributed by atoms with van der Waals surface area (Å²) in [6.07, 6.45) is 4.84. The lowest BCUT2D eigenvalue weighted by molar-refractivity contribution is 0.0600. The van der Waals surface area contributed by atoms with Crippen molar-refractivity contribution in [3.05, 3.63) is 70.2 Å². The first kappa shape index (κ1) is 18.7. The predicted molar refractivity (Wildman–Crippen MR) is 103 cm³/mol. The van der Waals surface area contributed by atoms with Gasteiger partial charge in [-0.1, -0.05) is 23.7 Å². The van der Waals surface area contributed by atoms with Crippen molar-refractivity contribution in [3.63, 3.8) is 0 Å². The molecule has 0 radical (unpaired) electrons. The van der Waals surface area contributed by atoms with E-state index in [0.717, 1.165) is 43.2 Å². The number of carbonyl (C=O) groups excluding carboxylic acids is 2. The van der Waals surface area contributed by atoms with Crippen molar-refractivity contribution >= 4 is 23.4 Å². The van der Waals surface area contributed by atoms with Crippen LogP contribution < -0.4 is 0 Å². The number of halogens is 1. The number of benzene rings is 2. The van der Waals surface area contributed by atoms with Gasteiger partial charge in [0.25, 0.3) is 0 Å². The molecule has 0 saturated heterocycles. The van der Waals surface area contributed by atoms with Gasteiger partial charge in [0.15, 0.2) is 5.78 Å². The summed E-state index contributed by atoms with van der Waals surface area (Å²) in [5, 5.41) is 0.652. The summed E-state index contributed by atoms with van der Waals surface area (Å²) in [7, 11) is 1.40. The minimum atomic E-state index is -0.302. The van der Waals surface area contributed by atoms with Crippen LogP contribution in [-0.2, 0) is 11.2 Å². The Morgan fingerprint density at radius 2 is 1.69 bits per heavy atom. The van der Waals surface area contributed by atoms with E-state index in [1.807, 2.05) is 24.3 Å². The Hall–Kier alpha value is -2.13. The van der Waals surface area contributed by atoms with Crippen LogP contribution in [0, 0.1) is 11.8 Å². The van der Waals surface area contributed by atoms with E-state index < -0.39 is 0 Å². The molecule has 3 nitrogen and oxygen atoms in total. The van der Waals surface area contributed by atoms with E-state index in [1.165, 1.54) is 7.11 Å². The molecule has 2 aromatic carbocycles. The second-order valence-electron chi connectivity index (χ2n) is 6.98. The number of esters is 1. The van der Waals surface area contributed by atoms with Gasteiger partial charge in [-0.05, 0) is 80.0 Å². The van der Waals surface area contributed by atoms with Crippen LogP contribution in [0.1, 0.15) is 52.0 Å². The van der Waals surface area contributed by atoms with Crippen molar-refractivity contribution in [2.75, 3.05) is 7.11 Å². The third kappa shape index (κ3) is 4.53. The average Bonchev–Trinajstić information content (AvgIpc) is 2.68. The number of ether oxygens (including phenoxy) is 1. The van der Waals surface area contributed by atoms with Crippen molar-refractivity contribution in [2.24, 2.45) is 11.8 Å². The fourth-order valence-electron chi connectivity index (χ4n) is 3.76. The van der Waals surface area contributed by atoms with Gasteiger partial charge in [-0.25, -0.2) is 4.79 Å². The average molecular weight is 371 g/mol. The van der Waals surface area contributed by atoms with Crippen LogP contribution in [0.5, 0.6) is 0 Å². The fourth-order valence-corrected chi connectivity index (χ4v) is 3.88. The molecular formula is C22H23ClO3. The number of rotatable bonds is 5. The standard InChI is InChI=1S/C22H23ClO3/c1-26-22(25)19-4-2-3-16(14-19)13-15-5-7-17(8-6-15)21(24)18-9-11-20(23)12-10-18/h2-4,9-12,14-15,17H,5-8,13H2,1H3. The number of ketones is 1. The van der Waals surface area contributed by atoms with Crippen LogP contribution in [0.3, 0.4) is 0 Å². The molecule has 0 aromatic heterocycles. The molecule has 136 valence electrons. The Balaban J connectivity index is 1.56. The van der Waals surface area contributed by atoms with Crippen LogP contribution in [0.2, 0.25) is 5.02 Å². The Morgan fingerprint density at radius 1 is 1.00 bits per heavy atom. The summed E-state index contributed by atoms with van der Waals surface area (Å²) in [6, 6.07) is 14.8. The molecule has 0 N–H and O–H groups in total. The van der Waals surface area contributed by atoms with Crippen LogP contribution >= 0.6 is 11.6 Å². The molecule has 0 aliphatic heterocycles. The fraction of sp³-hybridized carbons (Fsp3) is 0.364. The Morgan fingerprint density at radius 3 is 2.35 bits per heavy atom. The van der Waals surface area contributed by atoms with Gasteiger partial charge in [0.05, 0.1) is 12.7 Å². The summed E-state index contributed by atoms with van der Waals surface area (Å²) < 4.78 is 4.79. The van der Waals surface area contributed by atoms with Crippen LogP contribution in [0.25, 0.3) is 0 Å². The zero-order chi connectivity index (χ0) is 18.5. The van der Waals surface area contributed by atoms with Crippen molar-refractivity contribution in [3.8, 4) is 0 Å². The van der Waals surface area contributed by atoms with Gasteiger partial charge in [-0.15, -0.1) is 0 Å². The quantitative estimate of drug-likeness (QED) is 0.525. The van der Waals surface area contributed by atoms with E-state index in [1.54, 1.807) is 18.2 Å². The zero-order valence-electron chi connectivity index (χ0n) is 14.9. The van der Waals surface area contributed by atoms with Gasteiger partial charge >= 0.3 is 5.97 Å². The van der Waals surface area contributed by atoms with Gasteiger partial charge in [0.2, 0.25) is 0 Å². The normalized spacial score (nSPS) is 19.8. The maximum Gasteiger partial charge on any atom is 0.337 e. The number of hydrogen-bond donors (Lipinski definition) is 0. The molecule has 0 amide bonds. The van der Waals surface area contributed by atoms with Gasteiger partial charge in [-0.2, -0.15) is 0 Å². The van der Waals surface area contributed by atoms with E-state index in [4.69, 9.17) is 16.3 Å². The van der Waals surface area contributed by atoms with E-state index >= 15 is 0 Å². The smallest absolute Gasteiger partial charge is 0.337 e. The van der Waals surface area contributed by atoms with Crippen molar-refractivity contribution in [2.45, 2.75) is 32.1 Å². The Labute approximate surface area is 159 Å². The van der Waals surface area contributed by atoms with Crippen LogP contribution in [0.4, 0.5) is 0 Å². The molecule has 0 spiro atoms. The Bertz CT molecular complexity index is 774. The summed E-state index contributed by atoms with van der Waals surface area (Å²) in [4.78, 5) is 24.3. The molecule has 1 fully saturated rings. The molecule has 26 heavy (non-hydrogen) atoms. The van der Waals surface area contributed by atoms with Crippen molar-refractivity contribution < 1.29 is 14.3 Å². The summed E-state index contributed by atoms with van der Waals surface area (Å²) in [6.45, 7) is 0. The maximum atomic E-state index is 12.6. The summed E-state index contributed by atoms with van der Waals surface area (Å²) in [5.74, 6) is 0.586. The lowest BCUT2D eigenvalue weighted by Gasteiger charge is -2.28. The minimum Gasteiger partial charge on any atom is -0.465 e. The maximum absolute atomic E-state index is 12.6. The molecule has 1 aliphatic carbocycles. The molecule has 4 heteroatoms. The van der Waals surface area contributed by atoms with E-state index in [0.29, 0.717) is 16.5 Å². The van der Waals surface area contributed by atoms with Crippen molar-refractivity contribution in [1.29, 1.82) is 0 Å². The molecule has 0 atom stereocenters. The third-order valence-corrected chi connectivity index (χ3v) is 5.47. The molecular weight excluding hydrogens is 348 g/mol. The minimum absolute atomic E-state index is 0.105. The number of hydrogen-bond acceptors (Lipinski definition) is 3. The van der Waals surface area contributed by atoms with E-state index in [2.05, 4.69) is 6.07 Å². The molecule has 0 heterocycles. The lowest BCUT2D eigenvalue weighted by Crippen LogP contribution is -2.23. The van der Waals surface area contributed by atoms with E-state index in [9.17, 15) is 9.59 Å². The Kier molecular flexibility index (Phi) is 6.10. The highest BCUT2D eigenvalue weighted by Gasteiger charge is 2.27. The molecule has 0 bridgehead atoms. The highest BCUT2D eigenvalue weighted by molar-refractivity contribution is 6.30. The zero-order valence-corrected chi connectivity index (χ0v) is 15.7. The predicted octanol–water partition coefficient (Wildman–Crippen LogP) is 5.36. The number of carbonyl (C=O) groups is 2. The largest absolute Gasteiger partial charge is 0.465 e. The van der Waals surface area contributed by atoms with Gasteiger partial charge < -0.3 is 4.74 Å². The van der Waals surface area contributed by atoms with Gasteiger partial charge in [-0.3, -0.25) is 4.79 Å². The first-order chi connectivity index (χ1) is 12.6. The molecule has 0 unspecified atom stereocenters. The highest BCUT2D eigenvalue weighted by atomic mass is 35.5. The third-order valence-electron chi connectivity index (χ3n) is 5.22. The van der Waals surface area contributed by atoms with Crippen molar-refractivity contribution in [1.82, 2.24) is 0 Å². The monoisotopic (exact) mass is 370 g/mol. The topological polar surface area (TPSA) is 43.4 Å². The first-order valence-corrected chi connectivity index (χ1v) is 9.41. The van der Waals surface area contributed by atoms with Crippen LogP contribution in [0.15, 0.2) is 48.5 Å². The summed E-state index contributed by atoms with van der Waals surface area (Å²) >= 11 is 5.90. The molecule has 3 rings (SSSR count). The second kappa shape index (κ2) is 8.50. The molecule has 1 aliphatic rings. The SMILES string of the molecule is COC(=O)c1cccc(CC2CCC(C(=O)c3ccc(Cl)cc3)CC2)c1. The molecule has 2 aromatic rings. The second-order valence-corrected chi connectivity index (χ2v) is 7.42.